The molecule has 10 aromatic rings. The average Bonchev–Trinajstić information content (AvgIpc) is 4.34. The van der Waals surface area contributed by atoms with Crippen LogP contribution < -0.4 is 22.4 Å². The Hall–Kier alpha value is -10.7. The minimum atomic E-state index is -0.833. The number of nitrogens with zero attached hydrogens (tertiary/aromatic N) is 4. The number of carbonyl (C=O) groups is 1. The van der Waals surface area contributed by atoms with Crippen molar-refractivity contribution < 1.29 is 20.3 Å². The van der Waals surface area contributed by atoms with Crippen LogP contribution in [-0.4, -0.2) is 76.2 Å². The fourth-order valence-electron chi connectivity index (χ4n) is 9.11. The lowest BCUT2D eigenvalue weighted by Gasteiger charge is -2.04. The normalized spacial score (nSPS) is 12.0. The quantitative estimate of drug-likeness (QED) is 0.0349. The Morgan fingerprint density at radius 2 is 0.821 bits per heavy atom. The Labute approximate surface area is 445 Å². The number of rotatable bonds is 10. The van der Waals surface area contributed by atoms with Gasteiger partial charge < -0.3 is 26.5 Å². The van der Waals surface area contributed by atoms with Crippen molar-refractivity contribution in [2.75, 3.05) is 0 Å². The van der Waals surface area contributed by atoms with Crippen molar-refractivity contribution in [3.63, 3.8) is 0 Å². The molecule has 0 unspecified atom stereocenters. The number of H-pyrrole nitrogens is 2. The van der Waals surface area contributed by atoms with Crippen LogP contribution in [-0.2, 0) is 17.6 Å². The standard InChI is InChI=1S/C29H23N7O2.C29H23N7.C2H4O2/c30-27(35-37)17-3-1-16(2-4-17)24-15-22-10-9-20(13-25(22)32-24)21-11-12-23-26(14-21)34-29(33-23)19-7-5-18(6-8-19)28(31)36-38;30-27(31)17-3-1-16(2-4-17)24-15-22-10-9-20(13-25(22)34-24)21-11-12-23-26(14-21)36-29(35-23)19-7-5-18(6-8-19)28(32)33;1-2(3)4/h1-14,37-38H,15H2,(H2,30,35)(H2,31,36)(H,33,34);1-14H,15H2,(H3,30,31)(H3,32,33)(H,35,36);1H3,(H,3,4). The van der Waals surface area contributed by atoms with E-state index in [9.17, 15) is 0 Å². The zero-order chi connectivity index (χ0) is 54.6. The SMILES string of the molecule is CC(=O)O.N=C(N)c1ccc(C2=Nc3cc(-c4ccc5nc(-c6ccc(C(=N)N)cc6)[nH]c5c4)ccc3C2)cc1.N=C(NO)c1ccc(C2=Nc3cc(-c4ccc5[nH]c(-c6ccc(C(=N)NO)cc6)nc5c4)ccc3C2)cc1. The van der Waals surface area contributed by atoms with Crippen LogP contribution in [0.25, 0.3) is 67.1 Å². The van der Waals surface area contributed by atoms with Crippen LogP contribution in [0.1, 0.15) is 51.4 Å². The van der Waals surface area contributed by atoms with E-state index in [1.54, 1.807) is 24.3 Å². The van der Waals surface area contributed by atoms with Crippen LogP contribution in [0.2, 0.25) is 0 Å². The highest BCUT2D eigenvalue weighted by atomic mass is 16.5. The van der Waals surface area contributed by atoms with E-state index in [4.69, 9.17) is 73.4 Å². The van der Waals surface area contributed by atoms with E-state index in [0.717, 1.165) is 126 Å². The number of nitrogens with two attached hydrogens (primary N) is 2. The van der Waals surface area contributed by atoms with Gasteiger partial charge in [0.15, 0.2) is 0 Å². The third-order valence-corrected chi connectivity index (χ3v) is 13.2. The molecule has 0 spiro atoms. The van der Waals surface area contributed by atoms with E-state index in [-0.39, 0.29) is 23.3 Å². The summed E-state index contributed by atoms with van der Waals surface area (Å²) in [5.74, 6) is 0.672. The molecule has 0 fully saturated rings. The van der Waals surface area contributed by atoms with Crippen LogP contribution in [0.4, 0.5) is 11.4 Å². The molecule has 18 heteroatoms. The molecule has 0 saturated heterocycles. The molecule has 15 N–H and O–H groups in total. The van der Waals surface area contributed by atoms with Crippen molar-refractivity contribution in [3.8, 4) is 45.0 Å². The van der Waals surface area contributed by atoms with Gasteiger partial charge in [0.2, 0.25) is 0 Å². The topological polar surface area (TPSA) is 331 Å². The third-order valence-electron chi connectivity index (χ3n) is 13.2. The van der Waals surface area contributed by atoms with Crippen LogP contribution in [0.3, 0.4) is 0 Å². The highest BCUT2D eigenvalue weighted by Crippen LogP contribution is 2.37. The van der Waals surface area contributed by atoms with E-state index in [1.807, 2.05) is 95.9 Å². The molecule has 8 aromatic carbocycles. The first-order valence-corrected chi connectivity index (χ1v) is 24.4. The summed E-state index contributed by atoms with van der Waals surface area (Å²) in [4.78, 5) is 35.0. The molecule has 384 valence electrons. The van der Waals surface area contributed by atoms with Gasteiger partial charge in [0.25, 0.3) is 5.97 Å². The molecule has 0 atom stereocenters. The van der Waals surface area contributed by atoms with Crippen LogP contribution in [0.15, 0.2) is 180 Å². The van der Waals surface area contributed by atoms with Gasteiger partial charge in [-0.1, -0.05) is 133 Å². The van der Waals surface area contributed by atoms with Gasteiger partial charge in [-0.05, 0) is 80.9 Å². The Balaban J connectivity index is 0.000000165. The molecule has 4 heterocycles. The largest absolute Gasteiger partial charge is 0.481 e. The number of benzene rings is 8. The Morgan fingerprint density at radius 3 is 1.27 bits per heavy atom. The van der Waals surface area contributed by atoms with Crippen molar-refractivity contribution >= 4 is 74.2 Å². The highest BCUT2D eigenvalue weighted by Gasteiger charge is 2.20. The zero-order valence-corrected chi connectivity index (χ0v) is 41.8. The fourth-order valence-corrected chi connectivity index (χ4v) is 9.11. The van der Waals surface area contributed by atoms with Crippen LogP contribution in [0, 0.1) is 21.6 Å². The first-order valence-electron chi connectivity index (χ1n) is 24.4. The summed E-state index contributed by atoms with van der Waals surface area (Å²) in [6.07, 6.45) is 1.51. The Kier molecular flexibility index (Phi) is 14.1. The lowest BCUT2D eigenvalue weighted by atomic mass is 9.99. The van der Waals surface area contributed by atoms with Gasteiger partial charge in [0.1, 0.15) is 35.0 Å². The Bertz CT molecular complexity index is 4060. The van der Waals surface area contributed by atoms with Crippen molar-refractivity contribution in [2.24, 2.45) is 21.5 Å². The number of hydroxylamine groups is 2. The summed E-state index contributed by atoms with van der Waals surface area (Å²) in [6, 6.07) is 54.8. The second-order valence-corrected chi connectivity index (χ2v) is 18.4. The van der Waals surface area contributed by atoms with Crippen molar-refractivity contribution in [1.29, 1.82) is 21.6 Å². The molecule has 0 radical (unpaired) electrons. The predicted octanol–water partition coefficient (Wildman–Crippen LogP) is 10.4. The maximum Gasteiger partial charge on any atom is 0.300 e. The van der Waals surface area contributed by atoms with E-state index >= 15 is 0 Å². The fraction of sp³-hybridized carbons (Fsp3) is 0.0500. The summed E-state index contributed by atoms with van der Waals surface area (Å²) in [5.41, 5.74) is 35.4. The number of carboxylic acid groups (broad SMARTS) is 1. The number of aliphatic carboxylic acids is 1. The molecule has 0 bridgehead atoms. The molecule has 0 amide bonds. The van der Waals surface area contributed by atoms with E-state index in [1.165, 1.54) is 5.56 Å². The van der Waals surface area contributed by atoms with Crippen molar-refractivity contribution in [1.82, 2.24) is 30.9 Å². The summed E-state index contributed by atoms with van der Waals surface area (Å²) < 4.78 is 0. The first kappa shape index (κ1) is 50.8. The number of fused-ring (bicyclic) bond motifs is 4. The minimum Gasteiger partial charge on any atom is -0.481 e. The van der Waals surface area contributed by atoms with Gasteiger partial charge in [-0.25, -0.2) is 9.97 Å². The maximum absolute atomic E-state index is 9.00. The first-order chi connectivity index (χ1) is 37.7. The summed E-state index contributed by atoms with van der Waals surface area (Å²) >= 11 is 0. The molecule has 78 heavy (non-hydrogen) atoms. The predicted molar refractivity (Wildman–Crippen MR) is 305 cm³/mol. The van der Waals surface area contributed by atoms with E-state index in [2.05, 4.69) is 70.6 Å². The highest BCUT2D eigenvalue weighted by molar-refractivity contribution is 6.09. The van der Waals surface area contributed by atoms with Gasteiger partial charge in [0.05, 0.1) is 44.9 Å². The Morgan fingerprint density at radius 1 is 0.462 bits per heavy atom. The monoisotopic (exact) mass is 1030 g/mol. The summed E-state index contributed by atoms with van der Waals surface area (Å²) in [7, 11) is 0. The number of nitrogens with one attached hydrogen (secondary N) is 8. The molecular formula is C60H50N14O4. The van der Waals surface area contributed by atoms with Crippen molar-refractivity contribution in [2.45, 2.75) is 19.8 Å². The number of aromatic nitrogens is 4. The molecule has 2 aliphatic heterocycles. The number of hydrogen-bond acceptors (Lipinski definition) is 11. The maximum atomic E-state index is 9.00. The number of amidine groups is 4. The number of aromatic amines is 2. The molecule has 2 aliphatic rings. The van der Waals surface area contributed by atoms with Gasteiger partial charge in [-0.15, -0.1) is 0 Å². The summed E-state index contributed by atoms with van der Waals surface area (Å²) in [5, 5.41) is 55.8. The van der Waals surface area contributed by atoms with Crippen LogP contribution >= 0.6 is 0 Å². The van der Waals surface area contributed by atoms with Gasteiger partial charge in [-0.2, -0.15) is 0 Å². The third kappa shape index (κ3) is 10.9. The molecule has 2 aromatic heterocycles. The number of aliphatic imine (C=N–C) groups is 2. The van der Waals surface area contributed by atoms with Crippen molar-refractivity contribution in [3.05, 3.63) is 214 Å². The number of imidazole rings is 2. The smallest absolute Gasteiger partial charge is 0.300 e. The second kappa shape index (κ2) is 21.6. The number of nitrogen functional groups attached to an aromatic ring is 2. The lowest BCUT2D eigenvalue weighted by Crippen LogP contribution is -2.18. The van der Waals surface area contributed by atoms with Crippen LogP contribution in [0.5, 0.6) is 0 Å². The summed E-state index contributed by atoms with van der Waals surface area (Å²) in [6.45, 7) is 1.08. The average molecular weight is 1030 g/mol. The molecule has 18 nitrogen and oxygen atoms in total. The molecule has 12 rings (SSSR count). The minimum absolute atomic E-state index is 0.0475. The van der Waals surface area contributed by atoms with E-state index < -0.39 is 5.97 Å². The number of hydrogen-bond donors (Lipinski definition) is 13. The van der Waals surface area contributed by atoms with E-state index in [0.29, 0.717) is 22.3 Å². The second-order valence-electron chi connectivity index (χ2n) is 18.4. The zero-order valence-electron chi connectivity index (χ0n) is 41.8. The molecule has 0 saturated carbocycles. The number of carboxylic acids is 1. The van der Waals surface area contributed by atoms with Gasteiger partial charge in [0, 0.05) is 53.1 Å². The lowest BCUT2D eigenvalue weighted by molar-refractivity contribution is -0.134. The molecular weight excluding hydrogens is 981 g/mol. The van der Waals surface area contributed by atoms with Gasteiger partial charge in [-0.3, -0.25) is 57.8 Å². The van der Waals surface area contributed by atoms with Gasteiger partial charge >= 0.3 is 0 Å². The molecule has 0 aliphatic carbocycles.